The van der Waals surface area contributed by atoms with Crippen LogP contribution in [0.2, 0.25) is 0 Å². The van der Waals surface area contributed by atoms with Gasteiger partial charge in [-0.05, 0) is 31.1 Å². The molecular formula is C12H19F3N2O2. The lowest BCUT2D eigenvalue weighted by Crippen LogP contribution is -2.50. The lowest BCUT2D eigenvalue weighted by Gasteiger charge is -2.32. The fourth-order valence-corrected chi connectivity index (χ4v) is 3.52. The van der Waals surface area contributed by atoms with Crippen molar-refractivity contribution in [1.82, 2.24) is 4.90 Å². The lowest BCUT2D eigenvalue weighted by atomic mass is 9.84. The zero-order valence-electron chi connectivity index (χ0n) is 10.6. The number of halogens is 3. The molecule has 0 heterocycles. The van der Waals surface area contributed by atoms with Crippen molar-refractivity contribution in [2.45, 2.75) is 31.5 Å². The van der Waals surface area contributed by atoms with Crippen molar-refractivity contribution in [2.75, 3.05) is 19.7 Å². The Bertz CT molecular complexity index is 346. The van der Waals surface area contributed by atoms with Crippen molar-refractivity contribution in [2.24, 2.45) is 23.5 Å². The molecule has 0 aromatic rings. The monoisotopic (exact) mass is 280 g/mol. The van der Waals surface area contributed by atoms with Crippen LogP contribution in [0, 0.1) is 17.8 Å². The Morgan fingerprint density at radius 1 is 1.32 bits per heavy atom. The molecule has 0 saturated heterocycles. The van der Waals surface area contributed by atoms with Crippen LogP contribution in [0.25, 0.3) is 0 Å². The van der Waals surface area contributed by atoms with E-state index in [4.69, 9.17) is 10.8 Å². The summed E-state index contributed by atoms with van der Waals surface area (Å²) in [6, 6.07) is -0.333. The summed E-state index contributed by atoms with van der Waals surface area (Å²) < 4.78 is 37.4. The molecule has 4 nitrogen and oxygen atoms in total. The first-order chi connectivity index (χ1) is 8.83. The molecular weight excluding hydrogens is 261 g/mol. The highest BCUT2D eigenvalue weighted by atomic mass is 19.4. The molecule has 0 aromatic heterocycles. The van der Waals surface area contributed by atoms with E-state index in [2.05, 4.69) is 0 Å². The van der Waals surface area contributed by atoms with E-state index in [1.54, 1.807) is 0 Å². The molecule has 7 heteroatoms. The number of nitrogens with zero attached hydrogens (tertiary/aromatic N) is 1. The second-order valence-electron chi connectivity index (χ2n) is 5.53. The standard InChI is InChI=1S/C12H19F3N2O2/c13-12(14,15)6-17(3-4-18)11(19)9-7-1-2-8(5-7)10(9)16/h7-10,18H,1-6,16H2. The van der Waals surface area contributed by atoms with Crippen molar-refractivity contribution >= 4 is 5.91 Å². The van der Waals surface area contributed by atoms with Crippen LogP contribution in [0.15, 0.2) is 0 Å². The summed E-state index contributed by atoms with van der Waals surface area (Å²) in [6.45, 7) is -2.08. The quantitative estimate of drug-likeness (QED) is 0.798. The molecule has 3 N–H and O–H groups in total. The van der Waals surface area contributed by atoms with Crippen molar-refractivity contribution < 1.29 is 23.1 Å². The Labute approximate surface area is 109 Å². The van der Waals surface area contributed by atoms with Gasteiger partial charge in [0.2, 0.25) is 5.91 Å². The van der Waals surface area contributed by atoms with E-state index in [9.17, 15) is 18.0 Å². The molecule has 2 saturated carbocycles. The van der Waals surface area contributed by atoms with Crippen LogP contribution < -0.4 is 5.73 Å². The van der Waals surface area contributed by atoms with Crippen LogP contribution in [0.4, 0.5) is 13.2 Å². The van der Waals surface area contributed by atoms with E-state index in [-0.39, 0.29) is 24.4 Å². The number of amides is 1. The highest BCUT2D eigenvalue weighted by Gasteiger charge is 2.50. The highest BCUT2D eigenvalue weighted by molar-refractivity contribution is 5.80. The average molecular weight is 280 g/mol. The van der Waals surface area contributed by atoms with E-state index < -0.39 is 31.2 Å². The Morgan fingerprint density at radius 2 is 1.95 bits per heavy atom. The molecule has 2 rings (SSSR count). The molecule has 2 aliphatic rings. The van der Waals surface area contributed by atoms with Crippen molar-refractivity contribution in [3.63, 3.8) is 0 Å². The van der Waals surface area contributed by atoms with Crippen LogP contribution in [0.3, 0.4) is 0 Å². The number of alkyl halides is 3. The first-order valence-electron chi connectivity index (χ1n) is 6.55. The minimum Gasteiger partial charge on any atom is -0.395 e. The van der Waals surface area contributed by atoms with Gasteiger partial charge in [0.1, 0.15) is 6.54 Å². The van der Waals surface area contributed by atoms with Gasteiger partial charge >= 0.3 is 6.18 Å². The molecule has 2 aliphatic carbocycles. The van der Waals surface area contributed by atoms with E-state index in [1.807, 2.05) is 0 Å². The minimum absolute atomic E-state index is 0.113. The Kier molecular flexibility index (Phi) is 4.06. The third-order valence-electron chi connectivity index (χ3n) is 4.32. The van der Waals surface area contributed by atoms with Crippen LogP contribution in [0.1, 0.15) is 19.3 Å². The van der Waals surface area contributed by atoms with E-state index >= 15 is 0 Å². The average Bonchev–Trinajstić information content (AvgIpc) is 2.86. The van der Waals surface area contributed by atoms with Crippen LogP contribution in [-0.2, 0) is 4.79 Å². The van der Waals surface area contributed by atoms with Crippen LogP contribution >= 0.6 is 0 Å². The summed E-state index contributed by atoms with van der Waals surface area (Å²) >= 11 is 0. The number of rotatable bonds is 4. The van der Waals surface area contributed by atoms with E-state index in [1.165, 1.54) is 0 Å². The molecule has 2 fully saturated rings. The Hall–Kier alpha value is -0.820. The second-order valence-corrected chi connectivity index (χ2v) is 5.53. The number of carbonyl (C=O) groups is 1. The number of aliphatic hydroxyl groups is 1. The second kappa shape index (κ2) is 5.28. The van der Waals surface area contributed by atoms with Gasteiger partial charge < -0.3 is 15.7 Å². The normalized spacial score (nSPS) is 33.7. The van der Waals surface area contributed by atoms with E-state index in [0.29, 0.717) is 4.90 Å². The largest absolute Gasteiger partial charge is 0.406 e. The molecule has 19 heavy (non-hydrogen) atoms. The molecule has 110 valence electrons. The fraction of sp³-hybridized carbons (Fsp3) is 0.917. The van der Waals surface area contributed by atoms with Gasteiger partial charge in [-0.2, -0.15) is 13.2 Å². The number of nitrogens with two attached hydrogens (primary N) is 1. The number of aliphatic hydroxyl groups excluding tert-OH is 1. The van der Waals surface area contributed by atoms with Crippen molar-refractivity contribution in [3.8, 4) is 0 Å². The van der Waals surface area contributed by atoms with Gasteiger partial charge in [-0.25, -0.2) is 0 Å². The summed E-state index contributed by atoms with van der Waals surface area (Å²) in [5.74, 6) is -0.679. The number of carbonyl (C=O) groups excluding carboxylic acids is 1. The minimum atomic E-state index is -4.45. The fourth-order valence-electron chi connectivity index (χ4n) is 3.52. The summed E-state index contributed by atoms with van der Waals surface area (Å²) in [4.78, 5) is 12.9. The first kappa shape index (κ1) is 14.6. The smallest absolute Gasteiger partial charge is 0.395 e. The maximum absolute atomic E-state index is 12.5. The molecule has 1 amide bonds. The van der Waals surface area contributed by atoms with Gasteiger partial charge in [0.15, 0.2) is 0 Å². The zero-order chi connectivity index (χ0) is 14.2. The van der Waals surface area contributed by atoms with Gasteiger partial charge in [-0.3, -0.25) is 4.79 Å². The van der Waals surface area contributed by atoms with Gasteiger partial charge in [0, 0.05) is 12.6 Å². The van der Waals surface area contributed by atoms with E-state index in [0.717, 1.165) is 19.3 Å². The Morgan fingerprint density at radius 3 is 2.42 bits per heavy atom. The van der Waals surface area contributed by atoms with Crippen molar-refractivity contribution in [1.29, 1.82) is 0 Å². The number of fused-ring (bicyclic) bond motifs is 2. The number of hydrogen-bond acceptors (Lipinski definition) is 3. The van der Waals surface area contributed by atoms with Gasteiger partial charge in [0.25, 0.3) is 0 Å². The maximum Gasteiger partial charge on any atom is 0.406 e. The molecule has 4 atom stereocenters. The van der Waals surface area contributed by atoms with Gasteiger partial charge in [0.05, 0.1) is 12.5 Å². The predicted octanol–water partition coefficient (Wildman–Crippen LogP) is 0.743. The summed E-state index contributed by atoms with van der Waals surface area (Å²) in [5.41, 5.74) is 5.97. The molecule has 0 spiro atoms. The third kappa shape index (κ3) is 3.02. The predicted molar refractivity (Wildman–Crippen MR) is 62.0 cm³/mol. The first-order valence-corrected chi connectivity index (χ1v) is 6.55. The number of hydrogen-bond donors (Lipinski definition) is 2. The highest BCUT2D eigenvalue weighted by Crippen LogP contribution is 2.48. The third-order valence-corrected chi connectivity index (χ3v) is 4.32. The van der Waals surface area contributed by atoms with Crippen LogP contribution in [0.5, 0.6) is 0 Å². The Balaban J connectivity index is 2.07. The maximum atomic E-state index is 12.5. The summed E-state index contributed by atoms with van der Waals surface area (Å²) in [5, 5.41) is 8.83. The molecule has 0 radical (unpaired) electrons. The summed E-state index contributed by atoms with van der Waals surface area (Å²) in [7, 11) is 0. The lowest BCUT2D eigenvalue weighted by molar-refractivity contribution is -0.166. The molecule has 0 aromatic carbocycles. The van der Waals surface area contributed by atoms with Crippen LogP contribution in [-0.4, -0.2) is 47.8 Å². The molecule has 0 aliphatic heterocycles. The summed E-state index contributed by atoms with van der Waals surface area (Å²) in [6.07, 6.45) is -1.77. The molecule has 4 unspecified atom stereocenters. The van der Waals surface area contributed by atoms with Crippen molar-refractivity contribution in [3.05, 3.63) is 0 Å². The van der Waals surface area contributed by atoms with Gasteiger partial charge in [-0.15, -0.1) is 0 Å². The molecule has 2 bridgehead atoms. The topological polar surface area (TPSA) is 66.6 Å². The zero-order valence-corrected chi connectivity index (χ0v) is 10.6. The van der Waals surface area contributed by atoms with Gasteiger partial charge in [-0.1, -0.05) is 0 Å². The SMILES string of the molecule is NC1C2CCC(C2)C1C(=O)N(CCO)CC(F)(F)F.